The summed E-state index contributed by atoms with van der Waals surface area (Å²) < 4.78 is 11.3. The number of hydrogen-bond acceptors (Lipinski definition) is 3. The molecule has 0 saturated heterocycles. The molecule has 1 aliphatic rings. The number of rotatable bonds is 6. The van der Waals surface area contributed by atoms with Crippen molar-refractivity contribution in [1.82, 2.24) is 0 Å². The molecule has 0 aliphatic heterocycles. The van der Waals surface area contributed by atoms with Gasteiger partial charge in [-0.2, -0.15) is 0 Å². The number of anilines is 1. The Morgan fingerprint density at radius 2 is 1.52 bits per heavy atom. The lowest BCUT2D eigenvalue weighted by molar-refractivity contribution is 0.288. The fourth-order valence-electron chi connectivity index (χ4n) is 2.98. The molecule has 3 nitrogen and oxygen atoms in total. The molecule has 1 saturated carbocycles. The molecular formula is C18H29NO2. The zero-order valence-corrected chi connectivity index (χ0v) is 13.5. The van der Waals surface area contributed by atoms with Crippen LogP contribution in [0.5, 0.6) is 11.5 Å². The van der Waals surface area contributed by atoms with Crippen molar-refractivity contribution in [2.45, 2.75) is 64.8 Å². The van der Waals surface area contributed by atoms with Gasteiger partial charge in [-0.25, -0.2) is 0 Å². The van der Waals surface area contributed by atoms with Gasteiger partial charge in [0, 0.05) is 17.8 Å². The average Bonchev–Trinajstić information content (AvgIpc) is 2.45. The zero-order chi connectivity index (χ0) is 14.9. The Balaban J connectivity index is 2.02. The molecule has 1 aliphatic carbocycles. The smallest absolute Gasteiger partial charge is 0.163 e. The molecule has 1 aromatic carbocycles. The Morgan fingerprint density at radius 3 is 2.19 bits per heavy atom. The zero-order valence-electron chi connectivity index (χ0n) is 13.5. The van der Waals surface area contributed by atoms with Crippen molar-refractivity contribution in [2.24, 2.45) is 0 Å². The molecule has 0 radical (unpaired) electrons. The van der Waals surface area contributed by atoms with Gasteiger partial charge in [-0.05, 0) is 38.8 Å². The first-order valence-corrected chi connectivity index (χ1v) is 8.49. The minimum Gasteiger partial charge on any atom is -0.490 e. The summed E-state index contributed by atoms with van der Waals surface area (Å²) in [6.45, 7) is 5.32. The van der Waals surface area contributed by atoms with Gasteiger partial charge in [0.05, 0.1) is 13.2 Å². The van der Waals surface area contributed by atoms with Gasteiger partial charge in [0.1, 0.15) is 0 Å². The van der Waals surface area contributed by atoms with E-state index in [2.05, 4.69) is 17.4 Å². The highest BCUT2D eigenvalue weighted by atomic mass is 16.5. The predicted molar refractivity (Wildman–Crippen MR) is 88.5 cm³/mol. The van der Waals surface area contributed by atoms with Crippen LogP contribution in [0.2, 0.25) is 0 Å². The molecule has 1 N–H and O–H groups in total. The molecule has 0 bridgehead atoms. The van der Waals surface area contributed by atoms with Crippen LogP contribution in [0.3, 0.4) is 0 Å². The number of ether oxygens (including phenoxy) is 2. The van der Waals surface area contributed by atoms with E-state index < -0.39 is 0 Å². The minimum absolute atomic E-state index is 0.595. The van der Waals surface area contributed by atoms with Crippen LogP contribution in [0.15, 0.2) is 18.2 Å². The summed E-state index contributed by atoms with van der Waals surface area (Å²) >= 11 is 0. The van der Waals surface area contributed by atoms with Gasteiger partial charge < -0.3 is 14.8 Å². The third-order valence-corrected chi connectivity index (χ3v) is 4.02. The van der Waals surface area contributed by atoms with Crippen LogP contribution in [0, 0.1) is 0 Å². The van der Waals surface area contributed by atoms with Gasteiger partial charge in [-0.1, -0.05) is 32.1 Å². The van der Waals surface area contributed by atoms with E-state index >= 15 is 0 Å². The van der Waals surface area contributed by atoms with Crippen molar-refractivity contribution < 1.29 is 9.47 Å². The molecule has 0 aromatic heterocycles. The third-order valence-electron chi connectivity index (χ3n) is 4.02. The minimum atomic E-state index is 0.595. The maximum Gasteiger partial charge on any atom is 0.163 e. The third kappa shape index (κ3) is 5.14. The molecule has 0 heterocycles. The van der Waals surface area contributed by atoms with Gasteiger partial charge in [0.25, 0.3) is 0 Å². The van der Waals surface area contributed by atoms with Crippen LogP contribution in [-0.2, 0) is 0 Å². The molecule has 2 rings (SSSR count). The highest BCUT2D eigenvalue weighted by molar-refractivity contribution is 5.55. The van der Waals surface area contributed by atoms with E-state index in [1.165, 1.54) is 44.9 Å². The van der Waals surface area contributed by atoms with Gasteiger partial charge in [0.15, 0.2) is 11.5 Å². The van der Waals surface area contributed by atoms with Gasteiger partial charge in [-0.15, -0.1) is 0 Å². The summed E-state index contributed by atoms with van der Waals surface area (Å²) in [6, 6.07) is 6.79. The summed E-state index contributed by atoms with van der Waals surface area (Å²) in [7, 11) is 0. The standard InChI is InChI=1S/C18H29NO2/c1-3-20-17-13-12-16(14-18(17)21-4-2)19-15-10-8-6-5-7-9-11-15/h12-15,19H,3-11H2,1-2H3. The lowest BCUT2D eigenvalue weighted by Gasteiger charge is -2.23. The van der Waals surface area contributed by atoms with Crippen molar-refractivity contribution >= 4 is 5.69 Å². The Labute approximate surface area is 129 Å². The van der Waals surface area contributed by atoms with E-state index in [1.807, 2.05) is 19.9 Å². The molecule has 118 valence electrons. The van der Waals surface area contributed by atoms with E-state index in [0.29, 0.717) is 19.3 Å². The number of benzene rings is 1. The number of hydrogen-bond donors (Lipinski definition) is 1. The van der Waals surface area contributed by atoms with E-state index in [9.17, 15) is 0 Å². The highest BCUT2D eigenvalue weighted by Gasteiger charge is 2.12. The highest BCUT2D eigenvalue weighted by Crippen LogP contribution is 2.31. The molecule has 0 unspecified atom stereocenters. The van der Waals surface area contributed by atoms with E-state index in [-0.39, 0.29) is 0 Å². The molecule has 0 atom stereocenters. The fourth-order valence-corrected chi connectivity index (χ4v) is 2.98. The Morgan fingerprint density at radius 1 is 0.905 bits per heavy atom. The maximum atomic E-state index is 5.70. The second-order valence-corrected chi connectivity index (χ2v) is 5.71. The molecule has 21 heavy (non-hydrogen) atoms. The van der Waals surface area contributed by atoms with Crippen LogP contribution >= 0.6 is 0 Å². The first-order valence-electron chi connectivity index (χ1n) is 8.49. The second kappa shape index (κ2) is 8.81. The van der Waals surface area contributed by atoms with Crippen molar-refractivity contribution in [1.29, 1.82) is 0 Å². The van der Waals surface area contributed by atoms with Crippen molar-refractivity contribution in [2.75, 3.05) is 18.5 Å². The summed E-state index contributed by atoms with van der Waals surface area (Å²) in [5.74, 6) is 1.68. The number of nitrogens with one attached hydrogen (secondary N) is 1. The first-order chi connectivity index (χ1) is 10.3. The molecule has 1 fully saturated rings. The Kier molecular flexibility index (Phi) is 6.71. The van der Waals surface area contributed by atoms with E-state index in [0.717, 1.165) is 17.2 Å². The van der Waals surface area contributed by atoms with Crippen molar-refractivity contribution in [3.8, 4) is 11.5 Å². The van der Waals surface area contributed by atoms with Gasteiger partial charge in [-0.3, -0.25) is 0 Å². The Hall–Kier alpha value is -1.38. The van der Waals surface area contributed by atoms with Gasteiger partial charge >= 0.3 is 0 Å². The largest absolute Gasteiger partial charge is 0.490 e. The SMILES string of the molecule is CCOc1ccc(NC2CCCCCCC2)cc1OCC. The van der Waals surface area contributed by atoms with Crippen LogP contribution in [-0.4, -0.2) is 19.3 Å². The monoisotopic (exact) mass is 291 g/mol. The topological polar surface area (TPSA) is 30.5 Å². The van der Waals surface area contributed by atoms with Crippen LogP contribution < -0.4 is 14.8 Å². The summed E-state index contributed by atoms with van der Waals surface area (Å²) in [4.78, 5) is 0. The van der Waals surface area contributed by atoms with Crippen LogP contribution in [0.4, 0.5) is 5.69 Å². The van der Waals surface area contributed by atoms with Crippen LogP contribution in [0.1, 0.15) is 58.8 Å². The maximum absolute atomic E-state index is 5.70. The van der Waals surface area contributed by atoms with E-state index in [1.54, 1.807) is 0 Å². The van der Waals surface area contributed by atoms with E-state index in [4.69, 9.17) is 9.47 Å². The normalized spacial score (nSPS) is 16.9. The summed E-state index contributed by atoms with van der Waals surface area (Å²) in [5, 5.41) is 3.68. The molecular weight excluding hydrogens is 262 g/mol. The fraction of sp³-hybridized carbons (Fsp3) is 0.667. The average molecular weight is 291 g/mol. The molecule has 1 aromatic rings. The molecule has 3 heteroatoms. The lowest BCUT2D eigenvalue weighted by Crippen LogP contribution is -2.20. The summed E-state index contributed by atoms with van der Waals surface area (Å²) in [5.41, 5.74) is 1.15. The molecule has 0 spiro atoms. The second-order valence-electron chi connectivity index (χ2n) is 5.71. The van der Waals surface area contributed by atoms with Gasteiger partial charge in [0.2, 0.25) is 0 Å². The van der Waals surface area contributed by atoms with Crippen molar-refractivity contribution in [3.63, 3.8) is 0 Å². The lowest BCUT2D eigenvalue weighted by atomic mass is 9.96. The quantitative estimate of drug-likeness (QED) is 0.799. The first kappa shape index (κ1) is 16.0. The molecule has 0 amide bonds. The van der Waals surface area contributed by atoms with Crippen LogP contribution in [0.25, 0.3) is 0 Å². The predicted octanol–water partition coefficient (Wildman–Crippen LogP) is 5.01. The Bertz CT molecular complexity index is 412. The summed E-state index contributed by atoms with van der Waals surface area (Å²) in [6.07, 6.45) is 9.40. The van der Waals surface area contributed by atoms with Crippen molar-refractivity contribution in [3.05, 3.63) is 18.2 Å².